The van der Waals surface area contributed by atoms with Gasteiger partial charge in [0.1, 0.15) is 0 Å². The third kappa shape index (κ3) is 4.84. The topological polar surface area (TPSA) is 49.9 Å². The lowest BCUT2D eigenvalue weighted by molar-refractivity contribution is -0.144. The fraction of sp³-hybridized carbons (Fsp3) is 0.600. The van der Waals surface area contributed by atoms with E-state index in [9.17, 15) is 9.59 Å². The number of carbonyl (C=O) groups excluding carboxylic acids is 2. The quantitative estimate of drug-likeness (QED) is 0.756. The van der Waals surface area contributed by atoms with E-state index < -0.39 is 0 Å². The van der Waals surface area contributed by atoms with Crippen LogP contribution in [-0.4, -0.2) is 66.4 Å². The van der Waals surface area contributed by atoms with Crippen molar-refractivity contribution in [1.82, 2.24) is 9.80 Å². The SMILES string of the molecule is CC1CN(C(=O)CN2CCC(C(=O)c3ccc(Cl)cc3)CC2)CC(C)O1. The normalized spacial score (nSPS) is 25.3. The number of morpholine rings is 1. The van der Waals surface area contributed by atoms with E-state index >= 15 is 0 Å². The summed E-state index contributed by atoms with van der Waals surface area (Å²) in [5.74, 6) is 0.379. The maximum absolute atomic E-state index is 12.6. The largest absolute Gasteiger partial charge is 0.372 e. The molecule has 2 saturated heterocycles. The highest BCUT2D eigenvalue weighted by Crippen LogP contribution is 2.23. The second-order valence-corrected chi connectivity index (χ2v) is 7.91. The van der Waals surface area contributed by atoms with Crippen molar-refractivity contribution in [2.45, 2.75) is 38.9 Å². The van der Waals surface area contributed by atoms with Gasteiger partial charge in [0.25, 0.3) is 0 Å². The Labute approximate surface area is 160 Å². The molecule has 5 nitrogen and oxygen atoms in total. The summed E-state index contributed by atoms with van der Waals surface area (Å²) in [7, 11) is 0. The van der Waals surface area contributed by atoms with E-state index in [-0.39, 0.29) is 29.8 Å². The molecule has 142 valence electrons. The van der Waals surface area contributed by atoms with Gasteiger partial charge in [0.05, 0.1) is 18.8 Å². The van der Waals surface area contributed by atoms with Gasteiger partial charge in [-0.15, -0.1) is 0 Å². The maximum atomic E-state index is 12.6. The van der Waals surface area contributed by atoms with Crippen LogP contribution in [-0.2, 0) is 9.53 Å². The summed E-state index contributed by atoms with van der Waals surface area (Å²) in [5.41, 5.74) is 0.722. The number of benzene rings is 1. The number of carbonyl (C=O) groups is 2. The molecule has 26 heavy (non-hydrogen) atoms. The number of hydrogen-bond donors (Lipinski definition) is 0. The molecule has 6 heteroatoms. The first-order valence-electron chi connectivity index (χ1n) is 9.37. The molecule has 1 aromatic carbocycles. The van der Waals surface area contributed by atoms with E-state index in [1.165, 1.54) is 0 Å². The van der Waals surface area contributed by atoms with Crippen LogP contribution in [0.4, 0.5) is 0 Å². The molecule has 0 spiro atoms. The Morgan fingerprint density at radius 2 is 1.65 bits per heavy atom. The van der Waals surface area contributed by atoms with E-state index in [1.54, 1.807) is 24.3 Å². The number of amides is 1. The minimum absolute atomic E-state index is 0.0333. The van der Waals surface area contributed by atoms with Crippen LogP contribution < -0.4 is 0 Å². The number of likely N-dealkylation sites (tertiary alicyclic amines) is 1. The van der Waals surface area contributed by atoms with Gasteiger partial charge in [0.2, 0.25) is 5.91 Å². The molecule has 0 aromatic heterocycles. The number of halogens is 1. The lowest BCUT2D eigenvalue weighted by atomic mass is 9.89. The lowest BCUT2D eigenvalue weighted by Crippen LogP contribution is -2.51. The predicted molar refractivity (Wildman–Crippen MR) is 102 cm³/mol. The average Bonchev–Trinajstić information content (AvgIpc) is 2.61. The van der Waals surface area contributed by atoms with Crippen molar-refractivity contribution in [3.05, 3.63) is 34.9 Å². The van der Waals surface area contributed by atoms with Gasteiger partial charge in [0, 0.05) is 29.6 Å². The summed E-state index contributed by atoms with van der Waals surface area (Å²) in [6.07, 6.45) is 1.77. The monoisotopic (exact) mass is 378 g/mol. The minimum Gasteiger partial charge on any atom is -0.372 e. The zero-order valence-electron chi connectivity index (χ0n) is 15.5. The van der Waals surface area contributed by atoms with Crippen molar-refractivity contribution in [2.24, 2.45) is 5.92 Å². The second kappa shape index (κ2) is 8.51. The standard InChI is InChI=1S/C20H27ClN2O3/c1-14-11-23(12-15(2)26-14)19(24)13-22-9-7-17(8-10-22)20(25)16-3-5-18(21)6-4-16/h3-6,14-15,17H,7-13H2,1-2H3. The first-order valence-corrected chi connectivity index (χ1v) is 9.75. The summed E-state index contributed by atoms with van der Waals surface area (Å²) in [4.78, 5) is 29.3. The van der Waals surface area contributed by atoms with Gasteiger partial charge >= 0.3 is 0 Å². The maximum Gasteiger partial charge on any atom is 0.236 e. The summed E-state index contributed by atoms with van der Waals surface area (Å²) >= 11 is 5.89. The number of hydrogen-bond acceptors (Lipinski definition) is 4. The van der Waals surface area contributed by atoms with E-state index in [2.05, 4.69) is 4.90 Å². The second-order valence-electron chi connectivity index (χ2n) is 7.48. The summed E-state index contributed by atoms with van der Waals surface area (Å²) in [5, 5.41) is 0.640. The van der Waals surface area contributed by atoms with Crippen molar-refractivity contribution >= 4 is 23.3 Å². The van der Waals surface area contributed by atoms with E-state index in [1.807, 2.05) is 18.7 Å². The molecular formula is C20H27ClN2O3. The summed E-state index contributed by atoms with van der Waals surface area (Å²) < 4.78 is 5.69. The van der Waals surface area contributed by atoms with Gasteiger partial charge in [-0.05, 0) is 64.0 Å². The highest BCUT2D eigenvalue weighted by atomic mass is 35.5. The number of Topliss-reactive ketones (excluding diaryl/α,β-unsaturated/α-hetero) is 1. The van der Waals surface area contributed by atoms with Gasteiger partial charge < -0.3 is 9.64 Å². The Morgan fingerprint density at radius 1 is 1.08 bits per heavy atom. The Balaban J connectivity index is 1.48. The van der Waals surface area contributed by atoms with Crippen molar-refractivity contribution in [2.75, 3.05) is 32.7 Å². The third-order valence-electron chi connectivity index (χ3n) is 5.22. The first kappa shape index (κ1) is 19.3. The molecule has 0 radical (unpaired) electrons. The zero-order valence-corrected chi connectivity index (χ0v) is 16.2. The summed E-state index contributed by atoms with van der Waals surface area (Å²) in [6, 6.07) is 7.10. The fourth-order valence-corrected chi connectivity index (χ4v) is 4.00. The number of piperidine rings is 1. The lowest BCUT2D eigenvalue weighted by Gasteiger charge is -2.37. The van der Waals surface area contributed by atoms with Gasteiger partial charge in [-0.25, -0.2) is 0 Å². The molecule has 2 unspecified atom stereocenters. The molecule has 2 atom stereocenters. The van der Waals surface area contributed by atoms with Gasteiger partial charge in [-0.1, -0.05) is 11.6 Å². The van der Waals surface area contributed by atoms with E-state index in [4.69, 9.17) is 16.3 Å². The van der Waals surface area contributed by atoms with Crippen molar-refractivity contribution in [3.63, 3.8) is 0 Å². The van der Waals surface area contributed by atoms with Crippen LogP contribution in [0.15, 0.2) is 24.3 Å². The van der Waals surface area contributed by atoms with Crippen LogP contribution in [0, 0.1) is 5.92 Å². The third-order valence-corrected chi connectivity index (χ3v) is 5.47. The molecule has 0 bridgehead atoms. The number of rotatable bonds is 4. The van der Waals surface area contributed by atoms with E-state index in [0.717, 1.165) is 31.5 Å². The smallest absolute Gasteiger partial charge is 0.236 e. The molecular weight excluding hydrogens is 352 g/mol. The van der Waals surface area contributed by atoms with Crippen LogP contribution in [0.3, 0.4) is 0 Å². The zero-order chi connectivity index (χ0) is 18.7. The van der Waals surface area contributed by atoms with Gasteiger partial charge in [0.15, 0.2) is 5.78 Å². The Morgan fingerprint density at radius 3 is 2.23 bits per heavy atom. The van der Waals surface area contributed by atoms with Crippen LogP contribution in [0.2, 0.25) is 5.02 Å². The number of ketones is 1. The van der Waals surface area contributed by atoms with Crippen LogP contribution in [0.25, 0.3) is 0 Å². The number of ether oxygens (including phenoxy) is 1. The Hall–Kier alpha value is -1.43. The molecule has 2 aliphatic heterocycles. The molecule has 0 N–H and O–H groups in total. The van der Waals surface area contributed by atoms with Crippen molar-refractivity contribution < 1.29 is 14.3 Å². The van der Waals surface area contributed by atoms with Crippen LogP contribution >= 0.6 is 11.6 Å². The minimum atomic E-state index is 0.0333. The average molecular weight is 379 g/mol. The van der Waals surface area contributed by atoms with Crippen molar-refractivity contribution in [3.8, 4) is 0 Å². The fourth-order valence-electron chi connectivity index (χ4n) is 3.88. The molecule has 1 aromatic rings. The molecule has 1 amide bonds. The first-order chi connectivity index (χ1) is 12.4. The van der Waals surface area contributed by atoms with Gasteiger partial charge in [-0.3, -0.25) is 14.5 Å². The van der Waals surface area contributed by atoms with Crippen LogP contribution in [0.5, 0.6) is 0 Å². The molecule has 3 rings (SSSR count). The molecule has 2 fully saturated rings. The number of nitrogens with zero attached hydrogens (tertiary/aromatic N) is 2. The van der Waals surface area contributed by atoms with E-state index in [0.29, 0.717) is 24.7 Å². The summed E-state index contributed by atoms with van der Waals surface area (Å²) in [6.45, 7) is 7.33. The van der Waals surface area contributed by atoms with Crippen molar-refractivity contribution in [1.29, 1.82) is 0 Å². The predicted octanol–water partition coefficient (Wildman–Crippen LogP) is 2.87. The van der Waals surface area contributed by atoms with Crippen LogP contribution in [0.1, 0.15) is 37.0 Å². The molecule has 2 aliphatic rings. The molecule has 0 saturated carbocycles. The van der Waals surface area contributed by atoms with Gasteiger partial charge in [-0.2, -0.15) is 0 Å². The molecule has 2 heterocycles. The molecule has 0 aliphatic carbocycles. The Bertz CT molecular complexity index is 631. The highest BCUT2D eigenvalue weighted by Gasteiger charge is 2.30. The highest BCUT2D eigenvalue weighted by molar-refractivity contribution is 6.30. The Kier molecular flexibility index (Phi) is 6.33.